The molecule has 3 fully saturated rings. The van der Waals surface area contributed by atoms with E-state index in [0.29, 0.717) is 17.7 Å². The largest absolute Gasteiger partial charge is 0.508 e. The highest BCUT2D eigenvalue weighted by molar-refractivity contribution is 5.90. The van der Waals surface area contributed by atoms with Crippen LogP contribution in [-0.4, -0.2) is 77.6 Å². The molecule has 3 heterocycles. The van der Waals surface area contributed by atoms with Gasteiger partial charge in [0.1, 0.15) is 11.8 Å². The van der Waals surface area contributed by atoms with Gasteiger partial charge in [-0.25, -0.2) is 0 Å². The first-order valence-electron chi connectivity index (χ1n) is 11.8. The summed E-state index contributed by atoms with van der Waals surface area (Å²) in [5.74, 6) is 0.887. The van der Waals surface area contributed by atoms with Crippen LogP contribution in [0.2, 0.25) is 0 Å². The van der Waals surface area contributed by atoms with Gasteiger partial charge in [-0.3, -0.25) is 9.59 Å². The van der Waals surface area contributed by atoms with Gasteiger partial charge in [0.25, 0.3) is 0 Å². The molecule has 0 unspecified atom stereocenters. The van der Waals surface area contributed by atoms with Crippen LogP contribution in [0.3, 0.4) is 0 Å². The second-order valence-corrected chi connectivity index (χ2v) is 9.47. The first-order valence-corrected chi connectivity index (χ1v) is 11.8. The van der Waals surface area contributed by atoms with Gasteiger partial charge in [0.15, 0.2) is 0 Å². The minimum atomic E-state index is -0.403. The quantitative estimate of drug-likeness (QED) is 0.640. The highest BCUT2D eigenvalue weighted by Gasteiger charge is 2.48. The SMILES string of the molecule is CN[C@@H](C)C(=O)N[C@H]1CCC[C@H]2C[C@H]3CCN(CCc4ccc(O)cc4)C[C@H]3N2C1=O. The number of carbonyl (C=O) groups is 2. The Bertz CT molecular complexity index is 784. The van der Waals surface area contributed by atoms with Gasteiger partial charge in [0.2, 0.25) is 11.8 Å². The molecule has 0 bridgehead atoms. The maximum absolute atomic E-state index is 13.5. The average Bonchev–Trinajstić information content (AvgIpc) is 3.06. The molecule has 2 amide bonds. The van der Waals surface area contributed by atoms with E-state index in [0.717, 1.165) is 58.2 Å². The summed E-state index contributed by atoms with van der Waals surface area (Å²) in [4.78, 5) is 30.5. The van der Waals surface area contributed by atoms with Crippen LogP contribution in [0.25, 0.3) is 0 Å². The lowest BCUT2D eigenvalue weighted by molar-refractivity contribution is -0.139. The number of likely N-dealkylation sites (tertiary alicyclic amines) is 1. The van der Waals surface area contributed by atoms with Crippen molar-refractivity contribution in [1.82, 2.24) is 20.4 Å². The Kier molecular flexibility index (Phi) is 6.82. The topological polar surface area (TPSA) is 84.9 Å². The third-order valence-electron chi connectivity index (χ3n) is 7.51. The number of nitrogens with one attached hydrogen (secondary N) is 2. The lowest BCUT2D eigenvalue weighted by Gasteiger charge is -2.40. The van der Waals surface area contributed by atoms with E-state index in [4.69, 9.17) is 0 Å². The number of aromatic hydroxyl groups is 1. The first-order chi connectivity index (χ1) is 15.0. The number of phenolic OH excluding ortho intramolecular Hbond substituents is 1. The summed E-state index contributed by atoms with van der Waals surface area (Å²) in [6.45, 7) is 4.77. The summed E-state index contributed by atoms with van der Waals surface area (Å²) in [6.07, 6.45) is 5.94. The molecule has 3 saturated heterocycles. The molecule has 1 aromatic rings. The molecule has 7 heteroatoms. The van der Waals surface area contributed by atoms with Gasteiger partial charge in [-0.15, -0.1) is 0 Å². The van der Waals surface area contributed by atoms with Crippen molar-refractivity contribution in [3.05, 3.63) is 29.8 Å². The number of hydrogen-bond acceptors (Lipinski definition) is 5. The van der Waals surface area contributed by atoms with Crippen LogP contribution in [0.1, 0.15) is 44.6 Å². The van der Waals surface area contributed by atoms with Gasteiger partial charge >= 0.3 is 0 Å². The Balaban J connectivity index is 1.40. The fraction of sp³-hybridized carbons (Fsp3) is 0.667. The molecule has 7 nitrogen and oxygen atoms in total. The zero-order valence-electron chi connectivity index (χ0n) is 18.7. The van der Waals surface area contributed by atoms with E-state index in [-0.39, 0.29) is 23.9 Å². The van der Waals surface area contributed by atoms with Crippen molar-refractivity contribution in [2.45, 2.75) is 69.6 Å². The van der Waals surface area contributed by atoms with Crippen molar-refractivity contribution in [2.24, 2.45) is 5.92 Å². The van der Waals surface area contributed by atoms with E-state index in [1.807, 2.05) is 19.1 Å². The summed E-state index contributed by atoms with van der Waals surface area (Å²) < 4.78 is 0. The van der Waals surface area contributed by atoms with Crippen molar-refractivity contribution in [2.75, 3.05) is 26.7 Å². The standard InChI is InChI=1S/C24H36N4O3/c1-16(25-2)23(30)26-21-5-3-4-19-14-18-11-13-27(15-22(18)28(19)24(21)31)12-10-17-6-8-20(29)9-7-17/h6-9,16,18-19,21-22,25,29H,3-5,10-15H2,1-2H3,(H,26,30)/t16-,18+,19-,21-,22+/m0/s1. The molecule has 170 valence electrons. The first kappa shape index (κ1) is 22.1. The van der Waals surface area contributed by atoms with Crippen molar-refractivity contribution in [3.8, 4) is 5.75 Å². The summed E-state index contributed by atoms with van der Waals surface area (Å²) in [6, 6.07) is 7.30. The van der Waals surface area contributed by atoms with Crippen LogP contribution >= 0.6 is 0 Å². The van der Waals surface area contributed by atoms with Gasteiger partial charge < -0.3 is 25.5 Å². The van der Waals surface area contributed by atoms with Crippen molar-refractivity contribution < 1.29 is 14.7 Å². The molecule has 5 atom stereocenters. The number of fused-ring (bicyclic) bond motifs is 3. The Hall–Kier alpha value is -2.12. The Morgan fingerprint density at radius 2 is 2.00 bits per heavy atom. The van der Waals surface area contributed by atoms with E-state index in [1.54, 1.807) is 19.2 Å². The zero-order valence-corrected chi connectivity index (χ0v) is 18.7. The monoisotopic (exact) mass is 428 g/mol. The summed E-state index contributed by atoms with van der Waals surface area (Å²) in [7, 11) is 1.76. The molecular formula is C24H36N4O3. The van der Waals surface area contributed by atoms with Crippen LogP contribution in [0.5, 0.6) is 5.75 Å². The number of hydrogen-bond donors (Lipinski definition) is 3. The number of likely N-dealkylation sites (N-methyl/N-ethyl adjacent to an activating group) is 1. The van der Waals surface area contributed by atoms with Gasteiger partial charge in [0, 0.05) is 25.2 Å². The summed E-state index contributed by atoms with van der Waals surface area (Å²) in [5.41, 5.74) is 1.22. The molecule has 0 radical (unpaired) electrons. The summed E-state index contributed by atoms with van der Waals surface area (Å²) in [5, 5.41) is 15.4. The number of piperidine rings is 1. The lowest BCUT2D eigenvalue weighted by atomic mass is 9.90. The lowest BCUT2D eigenvalue weighted by Crippen LogP contribution is -2.57. The molecule has 31 heavy (non-hydrogen) atoms. The van der Waals surface area contributed by atoms with Gasteiger partial charge in [0.05, 0.1) is 6.04 Å². The molecule has 0 saturated carbocycles. The van der Waals surface area contributed by atoms with E-state index in [1.165, 1.54) is 5.56 Å². The molecule has 0 spiro atoms. The third kappa shape index (κ3) is 4.88. The fourth-order valence-corrected chi connectivity index (χ4v) is 5.55. The second-order valence-electron chi connectivity index (χ2n) is 9.47. The molecule has 3 aliphatic rings. The predicted molar refractivity (Wildman–Crippen MR) is 120 cm³/mol. The number of benzene rings is 1. The minimum Gasteiger partial charge on any atom is -0.508 e. The van der Waals surface area contributed by atoms with Gasteiger partial charge in [-0.2, -0.15) is 0 Å². The number of carbonyl (C=O) groups excluding carboxylic acids is 2. The minimum absolute atomic E-state index is 0.103. The zero-order chi connectivity index (χ0) is 22.0. The number of nitrogens with zero attached hydrogens (tertiary/aromatic N) is 2. The van der Waals surface area contributed by atoms with Crippen LogP contribution in [0, 0.1) is 5.92 Å². The Morgan fingerprint density at radius 1 is 1.23 bits per heavy atom. The van der Waals surface area contributed by atoms with E-state index >= 15 is 0 Å². The molecule has 0 aliphatic carbocycles. The number of phenols is 1. The molecule has 3 N–H and O–H groups in total. The van der Waals surface area contributed by atoms with E-state index < -0.39 is 6.04 Å². The van der Waals surface area contributed by atoms with Crippen LogP contribution < -0.4 is 10.6 Å². The molecule has 1 aromatic carbocycles. The second kappa shape index (κ2) is 9.57. The molecule has 0 aromatic heterocycles. The van der Waals surface area contributed by atoms with Crippen molar-refractivity contribution >= 4 is 11.8 Å². The van der Waals surface area contributed by atoms with E-state index in [9.17, 15) is 14.7 Å². The fourth-order valence-electron chi connectivity index (χ4n) is 5.55. The third-order valence-corrected chi connectivity index (χ3v) is 7.51. The van der Waals surface area contributed by atoms with Gasteiger partial charge in [-0.05, 0) is 82.7 Å². The van der Waals surface area contributed by atoms with Crippen molar-refractivity contribution in [3.63, 3.8) is 0 Å². The predicted octanol–water partition coefficient (Wildman–Crippen LogP) is 1.50. The molecule has 4 rings (SSSR count). The molecular weight excluding hydrogens is 392 g/mol. The smallest absolute Gasteiger partial charge is 0.245 e. The van der Waals surface area contributed by atoms with Crippen LogP contribution in [0.15, 0.2) is 24.3 Å². The number of amides is 2. The number of rotatable bonds is 6. The summed E-state index contributed by atoms with van der Waals surface area (Å²) >= 11 is 0. The molecule has 3 aliphatic heterocycles. The average molecular weight is 429 g/mol. The highest BCUT2D eigenvalue weighted by atomic mass is 16.3. The Morgan fingerprint density at radius 3 is 2.74 bits per heavy atom. The van der Waals surface area contributed by atoms with Crippen LogP contribution in [0.4, 0.5) is 0 Å². The maximum Gasteiger partial charge on any atom is 0.245 e. The van der Waals surface area contributed by atoms with Gasteiger partial charge in [-0.1, -0.05) is 12.1 Å². The Labute approximate surface area is 185 Å². The van der Waals surface area contributed by atoms with Crippen molar-refractivity contribution in [1.29, 1.82) is 0 Å². The maximum atomic E-state index is 13.5. The van der Waals surface area contributed by atoms with E-state index in [2.05, 4.69) is 20.4 Å². The van der Waals surface area contributed by atoms with Crippen LogP contribution in [-0.2, 0) is 16.0 Å². The highest BCUT2D eigenvalue weighted by Crippen LogP contribution is 2.39. The normalized spacial score (nSPS) is 29.7.